The first-order chi connectivity index (χ1) is 18.0. The molecule has 0 amide bonds. The summed E-state index contributed by atoms with van der Waals surface area (Å²) in [6.07, 6.45) is -7.54. The Hall–Kier alpha value is -3.36. The van der Waals surface area contributed by atoms with Crippen molar-refractivity contribution >= 4 is 11.4 Å². The van der Waals surface area contributed by atoms with E-state index in [4.69, 9.17) is 0 Å². The van der Waals surface area contributed by atoms with Crippen LogP contribution in [-0.2, 0) is 11.8 Å². The molecule has 0 bridgehead atoms. The minimum absolute atomic E-state index is 0.200. The molecule has 1 fully saturated rings. The van der Waals surface area contributed by atoms with Crippen molar-refractivity contribution in [3.05, 3.63) is 89.5 Å². The predicted molar refractivity (Wildman–Crippen MR) is 135 cm³/mol. The van der Waals surface area contributed by atoms with Crippen LogP contribution in [0.15, 0.2) is 72.8 Å². The van der Waals surface area contributed by atoms with Gasteiger partial charge in [0, 0.05) is 43.0 Å². The van der Waals surface area contributed by atoms with E-state index in [2.05, 4.69) is 15.7 Å². The Labute approximate surface area is 217 Å². The number of anilines is 2. The zero-order valence-electron chi connectivity index (χ0n) is 20.7. The van der Waals surface area contributed by atoms with Crippen molar-refractivity contribution in [2.45, 2.75) is 43.6 Å². The molecule has 0 N–H and O–H groups in total. The van der Waals surface area contributed by atoms with Gasteiger partial charge in [-0.3, -0.25) is 0 Å². The highest BCUT2D eigenvalue weighted by atomic mass is 19.4. The van der Waals surface area contributed by atoms with Crippen molar-refractivity contribution in [3.8, 4) is 5.75 Å². The van der Waals surface area contributed by atoms with Gasteiger partial charge in [0.15, 0.2) is 0 Å². The first-order valence-electron chi connectivity index (χ1n) is 12.6. The summed E-state index contributed by atoms with van der Waals surface area (Å²) >= 11 is 0. The summed E-state index contributed by atoms with van der Waals surface area (Å²) in [5, 5.41) is 0. The summed E-state index contributed by atoms with van der Waals surface area (Å²) in [6.45, 7) is 1.87. The minimum atomic E-state index is -4.86. The van der Waals surface area contributed by atoms with Crippen LogP contribution in [0.4, 0.5) is 37.7 Å². The first-order valence-corrected chi connectivity index (χ1v) is 12.6. The number of halogens is 6. The number of alkyl halides is 6. The van der Waals surface area contributed by atoms with Crippen LogP contribution in [0.25, 0.3) is 0 Å². The SMILES string of the molecule is FC(F)(F)CCN1CC(Cc2cccc(N3CCCC3)c2)(c2cccc(OC(F)(F)F)c2)c2ccccc21. The van der Waals surface area contributed by atoms with Crippen LogP contribution in [0.5, 0.6) is 5.75 Å². The van der Waals surface area contributed by atoms with Crippen LogP contribution in [-0.4, -0.2) is 38.7 Å². The molecule has 0 aromatic heterocycles. The molecule has 1 unspecified atom stereocenters. The van der Waals surface area contributed by atoms with Crippen molar-refractivity contribution in [2.75, 3.05) is 36.0 Å². The molecule has 1 atom stereocenters. The van der Waals surface area contributed by atoms with E-state index in [-0.39, 0.29) is 18.8 Å². The monoisotopic (exact) mass is 534 g/mol. The second-order valence-electron chi connectivity index (χ2n) is 10.0. The quantitative estimate of drug-likeness (QED) is 0.292. The number of rotatable bonds is 7. The van der Waals surface area contributed by atoms with Crippen molar-refractivity contribution in [2.24, 2.45) is 0 Å². The van der Waals surface area contributed by atoms with Crippen LogP contribution >= 0.6 is 0 Å². The summed E-state index contributed by atoms with van der Waals surface area (Å²) < 4.78 is 83.0. The lowest BCUT2D eigenvalue weighted by atomic mass is 9.71. The van der Waals surface area contributed by atoms with Gasteiger partial charge in [-0.1, -0.05) is 42.5 Å². The normalized spacial score (nSPS) is 19.6. The zero-order chi connectivity index (χ0) is 27.0. The lowest BCUT2D eigenvalue weighted by Crippen LogP contribution is -2.38. The van der Waals surface area contributed by atoms with Crippen LogP contribution in [0, 0.1) is 0 Å². The topological polar surface area (TPSA) is 15.7 Å². The van der Waals surface area contributed by atoms with Gasteiger partial charge in [-0.15, -0.1) is 13.2 Å². The van der Waals surface area contributed by atoms with E-state index >= 15 is 0 Å². The molecule has 0 saturated carbocycles. The Kier molecular flexibility index (Phi) is 6.96. The maximum absolute atomic E-state index is 13.2. The van der Waals surface area contributed by atoms with Gasteiger partial charge in [-0.05, 0) is 66.3 Å². The molecule has 0 radical (unpaired) electrons. The fourth-order valence-corrected chi connectivity index (χ4v) is 5.79. The van der Waals surface area contributed by atoms with Crippen LogP contribution in [0.2, 0.25) is 0 Å². The predicted octanol–water partition coefficient (Wildman–Crippen LogP) is 7.49. The molecule has 3 aromatic carbocycles. The fraction of sp³-hybridized carbons (Fsp3) is 0.379. The van der Waals surface area contributed by atoms with Crippen molar-refractivity contribution in [3.63, 3.8) is 0 Å². The molecule has 202 valence electrons. The summed E-state index contributed by atoms with van der Waals surface area (Å²) in [5.41, 5.74) is 3.17. The maximum atomic E-state index is 13.2. The number of hydrogen-bond acceptors (Lipinski definition) is 3. The molecular weight excluding hydrogens is 506 g/mol. The lowest BCUT2D eigenvalue weighted by molar-refractivity contribution is -0.274. The van der Waals surface area contributed by atoms with Gasteiger partial charge < -0.3 is 14.5 Å². The number of ether oxygens (including phenoxy) is 1. The second kappa shape index (κ2) is 10.1. The van der Waals surface area contributed by atoms with Crippen molar-refractivity contribution in [1.82, 2.24) is 0 Å². The van der Waals surface area contributed by atoms with Gasteiger partial charge >= 0.3 is 12.5 Å². The van der Waals surface area contributed by atoms with E-state index in [0.717, 1.165) is 42.7 Å². The first kappa shape index (κ1) is 26.3. The Morgan fingerprint density at radius 1 is 0.816 bits per heavy atom. The number of fused-ring (bicyclic) bond motifs is 1. The fourth-order valence-electron chi connectivity index (χ4n) is 5.79. The van der Waals surface area contributed by atoms with Crippen molar-refractivity contribution in [1.29, 1.82) is 0 Å². The second-order valence-corrected chi connectivity index (χ2v) is 10.0. The highest BCUT2D eigenvalue weighted by molar-refractivity contribution is 5.67. The molecule has 2 heterocycles. The Morgan fingerprint density at radius 2 is 1.55 bits per heavy atom. The van der Waals surface area contributed by atoms with Crippen LogP contribution in [0.1, 0.15) is 36.0 Å². The van der Waals surface area contributed by atoms with E-state index in [1.807, 2.05) is 30.3 Å². The summed E-state index contributed by atoms with van der Waals surface area (Å²) in [6, 6.07) is 21.1. The van der Waals surface area contributed by atoms with E-state index in [1.54, 1.807) is 23.1 Å². The third-order valence-electron chi connectivity index (χ3n) is 7.39. The van der Waals surface area contributed by atoms with Crippen molar-refractivity contribution < 1.29 is 31.1 Å². The lowest BCUT2D eigenvalue weighted by Gasteiger charge is -2.33. The average molecular weight is 535 g/mol. The number of hydrogen-bond donors (Lipinski definition) is 0. The Bertz CT molecular complexity index is 1270. The number of benzene rings is 3. The van der Waals surface area contributed by atoms with Gasteiger partial charge in [-0.2, -0.15) is 13.2 Å². The van der Waals surface area contributed by atoms with Gasteiger partial charge in [-0.25, -0.2) is 0 Å². The summed E-state index contributed by atoms with van der Waals surface area (Å²) in [5.74, 6) is -0.355. The van der Waals surface area contributed by atoms with Crippen LogP contribution in [0.3, 0.4) is 0 Å². The van der Waals surface area contributed by atoms with Gasteiger partial charge in [0.05, 0.1) is 6.42 Å². The third-order valence-corrected chi connectivity index (χ3v) is 7.39. The smallest absolute Gasteiger partial charge is 0.406 e. The number of nitrogens with zero attached hydrogens (tertiary/aromatic N) is 2. The molecule has 3 nitrogen and oxygen atoms in total. The standard InChI is InChI=1S/C29H28F6N2O/c30-28(31,32)13-16-37-20-27(25-11-1-2-12-26(25)37,22-8-6-10-24(18-22)38-29(33,34)35)19-21-7-5-9-23(17-21)36-14-3-4-15-36/h1-2,5-12,17-18H,3-4,13-16,19-20H2. The molecule has 0 aliphatic carbocycles. The van der Waals surface area contributed by atoms with E-state index in [9.17, 15) is 26.3 Å². The highest BCUT2D eigenvalue weighted by Crippen LogP contribution is 2.48. The number of para-hydroxylation sites is 1. The summed E-state index contributed by atoms with van der Waals surface area (Å²) in [4.78, 5) is 4.00. The third kappa shape index (κ3) is 5.71. The molecule has 1 saturated heterocycles. The molecule has 2 aliphatic rings. The molecular formula is C29H28F6N2O. The molecule has 0 spiro atoms. The van der Waals surface area contributed by atoms with Gasteiger partial charge in [0.1, 0.15) is 5.75 Å². The Morgan fingerprint density at radius 3 is 2.29 bits per heavy atom. The van der Waals surface area contributed by atoms with Gasteiger partial charge in [0.25, 0.3) is 0 Å². The van der Waals surface area contributed by atoms with E-state index in [0.29, 0.717) is 17.7 Å². The minimum Gasteiger partial charge on any atom is -0.406 e. The molecule has 2 aliphatic heterocycles. The average Bonchev–Trinajstić information content (AvgIpc) is 3.50. The van der Waals surface area contributed by atoms with E-state index < -0.39 is 24.4 Å². The molecule has 3 aromatic rings. The molecule has 5 rings (SSSR count). The molecule has 9 heteroatoms. The largest absolute Gasteiger partial charge is 0.573 e. The molecule has 38 heavy (non-hydrogen) atoms. The Balaban J connectivity index is 1.59. The van der Waals surface area contributed by atoms with E-state index in [1.165, 1.54) is 18.2 Å². The van der Waals surface area contributed by atoms with Gasteiger partial charge in [0.2, 0.25) is 0 Å². The van der Waals surface area contributed by atoms with Crippen LogP contribution < -0.4 is 14.5 Å². The highest BCUT2D eigenvalue weighted by Gasteiger charge is 2.45. The zero-order valence-corrected chi connectivity index (χ0v) is 20.7. The maximum Gasteiger partial charge on any atom is 0.573 e. The summed E-state index contributed by atoms with van der Waals surface area (Å²) in [7, 11) is 0.